The lowest BCUT2D eigenvalue weighted by Gasteiger charge is -2.23. The van der Waals surface area contributed by atoms with E-state index in [0.29, 0.717) is 12.4 Å². The Balaban J connectivity index is 0.00000200. The van der Waals surface area contributed by atoms with Crippen molar-refractivity contribution in [2.45, 2.75) is 26.8 Å². The van der Waals surface area contributed by atoms with Crippen LogP contribution >= 0.6 is 24.8 Å². The van der Waals surface area contributed by atoms with Crippen LogP contribution < -0.4 is 11.1 Å². The third-order valence-electron chi connectivity index (χ3n) is 3.20. The summed E-state index contributed by atoms with van der Waals surface area (Å²) in [7, 11) is 0. The molecule has 0 spiro atoms. The first-order valence-electron chi connectivity index (χ1n) is 6.26. The minimum atomic E-state index is -0.589. The Hall–Kier alpha value is -1.37. The number of rotatable bonds is 4. The number of nitrogens with one attached hydrogen (secondary N) is 1. The van der Waals surface area contributed by atoms with E-state index >= 15 is 0 Å². The fourth-order valence-corrected chi connectivity index (χ4v) is 1.70. The van der Waals surface area contributed by atoms with Crippen LogP contribution in [0.25, 0.3) is 5.65 Å². The molecule has 0 aliphatic carbocycles. The summed E-state index contributed by atoms with van der Waals surface area (Å²) in [6, 6.07) is 5.44. The van der Waals surface area contributed by atoms with Crippen LogP contribution in [0.2, 0.25) is 0 Å². The van der Waals surface area contributed by atoms with Crippen molar-refractivity contribution >= 4 is 36.4 Å². The molecule has 2 aromatic rings. The first kappa shape index (κ1) is 19.6. The SMILES string of the molecule is CC(NC(=O)C(C)(C)CN)c1nnc2ccccn12.Cl.Cl. The lowest BCUT2D eigenvalue weighted by molar-refractivity contribution is -0.129. The van der Waals surface area contributed by atoms with Gasteiger partial charge in [-0.1, -0.05) is 6.07 Å². The highest BCUT2D eigenvalue weighted by Crippen LogP contribution is 2.17. The van der Waals surface area contributed by atoms with E-state index in [2.05, 4.69) is 15.5 Å². The zero-order valence-electron chi connectivity index (χ0n) is 12.2. The fourth-order valence-electron chi connectivity index (χ4n) is 1.70. The van der Waals surface area contributed by atoms with Crippen molar-refractivity contribution in [1.29, 1.82) is 0 Å². The molecule has 1 unspecified atom stereocenters. The number of aromatic nitrogens is 3. The van der Waals surface area contributed by atoms with Gasteiger partial charge in [-0.15, -0.1) is 35.0 Å². The van der Waals surface area contributed by atoms with Crippen LogP contribution in [-0.4, -0.2) is 27.0 Å². The van der Waals surface area contributed by atoms with Gasteiger partial charge in [-0.2, -0.15) is 0 Å². The molecule has 0 aliphatic rings. The van der Waals surface area contributed by atoms with E-state index in [1.54, 1.807) is 0 Å². The quantitative estimate of drug-likeness (QED) is 0.892. The van der Waals surface area contributed by atoms with Gasteiger partial charge in [-0.25, -0.2) is 0 Å². The minimum absolute atomic E-state index is 0. The molecule has 6 nitrogen and oxygen atoms in total. The van der Waals surface area contributed by atoms with Gasteiger partial charge < -0.3 is 11.1 Å². The maximum atomic E-state index is 12.1. The largest absolute Gasteiger partial charge is 0.346 e. The van der Waals surface area contributed by atoms with Crippen LogP contribution in [0.4, 0.5) is 0 Å². The van der Waals surface area contributed by atoms with Crippen LogP contribution in [0.3, 0.4) is 0 Å². The molecule has 0 radical (unpaired) electrons. The molecule has 1 atom stereocenters. The number of nitrogens with zero attached hydrogens (tertiary/aromatic N) is 3. The number of carbonyl (C=O) groups is 1. The lowest BCUT2D eigenvalue weighted by Crippen LogP contribution is -2.43. The number of hydrogen-bond donors (Lipinski definition) is 2. The topological polar surface area (TPSA) is 85.3 Å². The molecule has 3 N–H and O–H groups in total. The summed E-state index contributed by atoms with van der Waals surface area (Å²) in [5.41, 5.74) is 5.77. The van der Waals surface area contributed by atoms with Gasteiger partial charge in [0.2, 0.25) is 5.91 Å². The molecule has 2 rings (SSSR count). The van der Waals surface area contributed by atoms with Gasteiger partial charge in [0.1, 0.15) is 0 Å². The Morgan fingerprint density at radius 2 is 2.05 bits per heavy atom. The maximum absolute atomic E-state index is 12.1. The van der Waals surface area contributed by atoms with E-state index < -0.39 is 5.41 Å². The number of halogens is 2. The molecule has 1 amide bonds. The molecule has 0 fully saturated rings. The first-order chi connectivity index (χ1) is 8.95. The number of pyridine rings is 1. The van der Waals surface area contributed by atoms with Crippen molar-refractivity contribution < 1.29 is 4.79 Å². The summed E-state index contributed by atoms with van der Waals surface area (Å²) in [6.45, 7) is 5.81. The third-order valence-corrected chi connectivity index (χ3v) is 3.20. The highest BCUT2D eigenvalue weighted by molar-refractivity contribution is 5.85. The van der Waals surface area contributed by atoms with E-state index in [9.17, 15) is 4.79 Å². The van der Waals surface area contributed by atoms with Crippen LogP contribution in [0.5, 0.6) is 0 Å². The van der Waals surface area contributed by atoms with Gasteiger partial charge in [0.25, 0.3) is 0 Å². The Morgan fingerprint density at radius 1 is 1.38 bits per heavy atom. The highest BCUT2D eigenvalue weighted by atomic mass is 35.5. The van der Waals surface area contributed by atoms with Crippen LogP contribution in [-0.2, 0) is 4.79 Å². The second-order valence-corrected chi connectivity index (χ2v) is 5.27. The number of fused-ring (bicyclic) bond motifs is 1. The molecule has 2 heterocycles. The zero-order valence-corrected chi connectivity index (χ0v) is 13.9. The van der Waals surface area contributed by atoms with Crippen molar-refractivity contribution in [3.63, 3.8) is 0 Å². The van der Waals surface area contributed by atoms with Crippen LogP contribution in [0.15, 0.2) is 24.4 Å². The van der Waals surface area contributed by atoms with Crippen molar-refractivity contribution in [3.8, 4) is 0 Å². The minimum Gasteiger partial charge on any atom is -0.346 e. The molecule has 0 saturated heterocycles. The van der Waals surface area contributed by atoms with E-state index in [1.807, 2.05) is 49.6 Å². The predicted octanol–water partition coefficient (Wildman–Crippen LogP) is 1.73. The second kappa shape index (κ2) is 7.59. The Labute approximate surface area is 136 Å². The van der Waals surface area contributed by atoms with E-state index in [-0.39, 0.29) is 36.8 Å². The molecular weight excluding hydrogens is 313 g/mol. The standard InChI is InChI=1S/C13H19N5O.2ClH/c1-9(15-12(19)13(2,3)8-14)11-17-16-10-6-4-5-7-18(10)11;;/h4-7,9H,8,14H2,1-3H3,(H,15,19);2*1H. The summed E-state index contributed by atoms with van der Waals surface area (Å²) >= 11 is 0. The van der Waals surface area contributed by atoms with Gasteiger partial charge in [0.15, 0.2) is 11.5 Å². The normalized spacial score (nSPS) is 12.2. The number of carbonyl (C=O) groups excluding carboxylic acids is 1. The van der Waals surface area contributed by atoms with Crippen LogP contribution in [0.1, 0.15) is 32.6 Å². The average Bonchev–Trinajstić information content (AvgIpc) is 2.82. The van der Waals surface area contributed by atoms with E-state index in [1.165, 1.54) is 0 Å². The maximum Gasteiger partial charge on any atom is 0.227 e. The molecule has 0 aromatic carbocycles. The number of nitrogens with two attached hydrogens (primary N) is 1. The molecular formula is C13H21Cl2N5O. The fraction of sp³-hybridized carbons (Fsp3) is 0.462. The second-order valence-electron chi connectivity index (χ2n) is 5.27. The number of hydrogen-bond acceptors (Lipinski definition) is 4. The van der Waals surface area contributed by atoms with Crippen molar-refractivity contribution in [3.05, 3.63) is 30.2 Å². The predicted molar refractivity (Wildman–Crippen MR) is 86.9 cm³/mol. The molecule has 0 bridgehead atoms. The molecule has 2 aromatic heterocycles. The van der Waals surface area contributed by atoms with Gasteiger partial charge in [-0.05, 0) is 32.9 Å². The van der Waals surface area contributed by atoms with Gasteiger partial charge in [-0.3, -0.25) is 9.20 Å². The lowest BCUT2D eigenvalue weighted by atomic mass is 9.92. The van der Waals surface area contributed by atoms with Crippen molar-refractivity contribution in [1.82, 2.24) is 19.9 Å². The summed E-state index contributed by atoms with van der Waals surface area (Å²) in [5.74, 6) is 0.618. The zero-order chi connectivity index (χ0) is 14.0. The van der Waals surface area contributed by atoms with Crippen molar-refractivity contribution in [2.24, 2.45) is 11.1 Å². The molecule has 8 heteroatoms. The Bertz CT molecular complexity index is 599. The van der Waals surface area contributed by atoms with Gasteiger partial charge >= 0.3 is 0 Å². The van der Waals surface area contributed by atoms with Gasteiger partial charge in [0.05, 0.1) is 11.5 Å². The Morgan fingerprint density at radius 3 is 2.67 bits per heavy atom. The number of amides is 1. The third kappa shape index (κ3) is 4.06. The monoisotopic (exact) mass is 333 g/mol. The van der Waals surface area contributed by atoms with E-state index in [0.717, 1.165) is 5.65 Å². The highest BCUT2D eigenvalue weighted by Gasteiger charge is 2.28. The average molecular weight is 334 g/mol. The van der Waals surface area contributed by atoms with Gasteiger partial charge in [0, 0.05) is 12.7 Å². The summed E-state index contributed by atoms with van der Waals surface area (Å²) in [4.78, 5) is 12.1. The van der Waals surface area contributed by atoms with E-state index in [4.69, 9.17) is 5.73 Å². The summed E-state index contributed by atoms with van der Waals surface area (Å²) < 4.78 is 1.86. The summed E-state index contributed by atoms with van der Waals surface area (Å²) in [6.07, 6.45) is 1.88. The molecule has 0 aliphatic heterocycles. The first-order valence-corrected chi connectivity index (χ1v) is 6.26. The smallest absolute Gasteiger partial charge is 0.227 e. The molecule has 21 heavy (non-hydrogen) atoms. The van der Waals surface area contributed by atoms with Crippen LogP contribution in [0, 0.1) is 5.41 Å². The summed E-state index contributed by atoms with van der Waals surface area (Å²) in [5, 5.41) is 11.1. The Kier molecular flexibility index (Phi) is 7.09. The molecule has 0 saturated carbocycles. The van der Waals surface area contributed by atoms with Crippen molar-refractivity contribution in [2.75, 3.05) is 6.54 Å². The molecule has 118 valence electrons.